The predicted molar refractivity (Wildman–Crippen MR) is 57.7 cm³/mol. The largest absolute Gasteiger partial charge is 0.356 e. The van der Waals surface area contributed by atoms with Crippen LogP contribution in [0.3, 0.4) is 0 Å². The van der Waals surface area contributed by atoms with Crippen LogP contribution >= 0.6 is 12.6 Å². The van der Waals surface area contributed by atoms with Crippen molar-refractivity contribution in [2.45, 2.75) is 40.0 Å². The minimum Gasteiger partial charge on any atom is -0.356 e. The van der Waals surface area contributed by atoms with Gasteiger partial charge < -0.3 is 5.32 Å². The maximum absolute atomic E-state index is 10.8. The number of carbonyl (C=O) groups excluding carboxylic acids is 1. The van der Waals surface area contributed by atoms with E-state index < -0.39 is 0 Å². The van der Waals surface area contributed by atoms with Crippen molar-refractivity contribution in [3.05, 3.63) is 0 Å². The van der Waals surface area contributed by atoms with Crippen LogP contribution in [-0.4, -0.2) is 18.2 Å². The molecule has 2 nitrogen and oxygen atoms in total. The monoisotopic (exact) mass is 191 g/mol. The van der Waals surface area contributed by atoms with Crippen LogP contribution in [0, 0.1) is 0 Å². The van der Waals surface area contributed by atoms with Crippen molar-refractivity contribution >= 4 is 18.5 Å². The molecule has 0 radical (unpaired) electrons. The Morgan fingerprint density at radius 2 is 2.00 bits per heavy atom. The van der Waals surface area contributed by atoms with Gasteiger partial charge >= 0.3 is 0 Å². The minimum absolute atomic E-state index is 0.114. The average Bonchev–Trinajstić information content (AvgIpc) is 2.09. The minimum atomic E-state index is 0.114. The summed E-state index contributed by atoms with van der Waals surface area (Å²) in [6.07, 6.45) is 2.73. The lowest BCUT2D eigenvalue weighted by Crippen LogP contribution is -2.24. The number of nitrogens with one attached hydrogen (secondary N) is 1. The van der Waals surface area contributed by atoms with Crippen LogP contribution in [-0.2, 0) is 4.79 Å². The molecule has 0 aromatic heterocycles. The number of hydrogen-bond donors (Lipinski definition) is 2. The fourth-order valence-electron chi connectivity index (χ4n) is 0.595. The number of carbonyl (C=O) groups is 1. The van der Waals surface area contributed by atoms with Gasteiger partial charge in [0.1, 0.15) is 0 Å². The summed E-state index contributed by atoms with van der Waals surface area (Å²) in [6.45, 7) is 6.91. The first-order valence-electron chi connectivity index (χ1n) is 4.68. The third kappa shape index (κ3) is 12.5. The molecule has 0 spiro atoms. The summed E-state index contributed by atoms with van der Waals surface area (Å²) in [6, 6.07) is 0. The van der Waals surface area contributed by atoms with E-state index in [0.29, 0.717) is 12.2 Å². The van der Waals surface area contributed by atoms with Crippen molar-refractivity contribution in [3.63, 3.8) is 0 Å². The third-order valence-corrected chi connectivity index (χ3v) is 1.41. The van der Waals surface area contributed by atoms with Gasteiger partial charge in [0.2, 0.25) is 5.91 Å². The molecule has 0 unspecified atom stereocenters. The smallest absolute Gasteiger partial charge is 0.220 e. The molecule has 0 fully saturated rings. The quantitative estimate of drug-likeness (QED) is 0.506. The standard InChI is InChI=1S/C7H15NOS.C2H6/c1-2-3-5-8-7(9)4-6-10;1-2/h10H,2-6H2,1H3,(H,8,9);1-2H3. The Hall–Kier alpha value is -0.180. The third-order valence-electron chi connectivity index (χ3n) is 1.19. The molecule has 0 atom stereocenters. The zero-order chi connectivity index (χ0) is 9.82. The second-order valence-electron chi connectivity index (χ2n) is 2.18. The van der Waals surface area contributed by atoms with Crippen LogP contribution in [0.25, 0.3) is 0 Å². The van der Waals surface area contributed by atoms with Gasteiger partial charge in [-0.15, -0.1) is 0 Å². The maximum atomic E-state index is 10.8. The maximum Gasteiger partial charge on any atom is 0.220 e. The molecule has 0 bridgehead atoms. The van der Waals surface area contributed by atoms with Gasteiger partial charge in [-0.1, -0.05) is 27.2 Å². The van der Waals surface area contributed by atoms with E-state index >= 15 is 0 Å². The van der Waals surface area contributed by atoms with Crippen LogP contribution < -0.4 is 5.32 Å². The summed E-state index contributed by atoms with van der Waals surface area (Å²) in [5.74, 6) is 0.751. The zero-order valence-electron chi connectivity index (χ0n) is 8.39. The van der Waals surface area contributed by atoms with E-state index in [0.717, 1.165) is 19.4 Å². The van der Waals surface area contributed by atoms with Gasteiger partial charge in [-0.3, -0.25) is 4.79 Å². The van der Waals surface area contributed by atoms with Crippen molar-refractivity contribution in [2.75, 3.05) is 12.3 Å². The van der Waals surface area contributed by atoms with E-state index in [-0.39, 0.29) is 5.91 Å². The van der Waals surface area contributed by atoms with E-state index in [1.54, 1.807) is 0 Å². The Morgan fingerprint density at radius 1 is 1.42 bits per heavy atom. The van der Waals surface area contributed by atoms with Crippen LogP contribution in [0.2, 0.25) is 0 Å². The summed E-state index contributed by atoms with van der Waals surface area (Å²) in [5, 5.41) is 2.80. The predicted octanol–water partition coefficient (Wildman–Crippen LogP) is 2.25. The van der Waals surface area contributed by atoms with Crippen molar-refractivity contribution < 1.29 is 4.79 Å². The van der Waals surface area contributed by atoms with Crippen molar-refractivity contribution in [1.82, 2.24) is 5.32 Å². The number of hydrogen-bond acceptors (Lipinski definition) is 2. The van der Waals surface area contributed by atoms with E-state index in [1.165, 1.54) is 0 Å². The molecule has 0 aliphatic heterocycles. The van der Waals surface area contributed by atoms with E-state index in [1.807, 2.05) is 13.8 Å². The first-order valence-corrected chi connectivity index (χ1v) is 5.32. The Bertz CT molecular complexity index is 96.5. The van der Waals surface area contributed by atoms with Gasteiger partial charge in [0.05, 0.1) is 0 Å². The Balaban J connectivity index is 0. The van der Waals surface area contributed by atoms with Crippen LogP contribution in [0.5, 0.6) is 0 Å². The van der Waals surface area contributed by atoms with E-state index in [4.69, 9.17) is 0 Å². The Labute approximate surface area is 81.5 Å². The number of unbranched alkanes of at least 4 members (excludes halogenated alkanes) is 1. The molecule has 0 rings (SSSR count). The van der Waals surface area contributed by atoms with E-state index in [2.05, 4.69) is 24.9 Å². The molecular weight excluding hydrogens is 170 g/mol. The number of thiol groups is 1. The molecule has 1 N–H and O–H groups in total. The molecule has 12 heavy (non-hydrogen) atoms. The molecule has 0 saturated carbocycles. The molecular formula is C9H21NOS. The normalized spacial score (nSPS) is 8.33. The summed E-state index contributed by atoms with van der Waals surface area (Å²) in [7, 11) is 0. The van der Waals surface area contributed by atoms with Gasteiger partial charge in [0, 0.05) is 13.0 Å². The van der Waals surface area contributed by atoms with E-state index in [9.17, 15) is 4.79 Å². The van der Waals surface area contributed by atoms with Crippen molar-refractivity contribution in [2.24, 2.45) is 0 Å². The second-order valence-corrected chi connectivity index (χ2v) is 2.62. The first kappa shape index (κ1) is 14.3. The summed E-state index contributed by atoms with van der Waals surface area (Å²) >= 11 is 3.94. The molecule has 0 aliphatic rings. The molecule has 0 aromatic carbocycles. The molecule has 74 valence electrons. The number of rotatable bonds is 5. The Kier molecular flexibility index (Phi) is 16.0. The van der Waals surface area contributed by atoms with Crippen LogP contribution in [0.4, 0.5) is 0 Å². The summed E-state index contributed by atoms with van der Waals surface area (Å²) in [4.78, 5) is 10.8. The summed E-state index contributed by atoms with van der Waals surface area (Å²) in [5.41, 5.74) is 0. The molecule has 1 amide bonds. The highest BCUT2D eigenvalue weighted by molar-refractivity contribution is 7.80. The fraction of sp³-hybridized carbons (Fsp3) is 0.889. The second kappa shape index (κ2) is 13.4. The highest BCUT2D eigenvalue weighted by Gasteiger charge is 1.95. The lowest BCUT2D eigenvalue weighted by molar-refractivity contribution is -0.120. The molecule has 3 heteroatoms. The van der Waals surface area contributed by atoms with Crippen LogP contribution in [0.1, 0.15) is 40.0 Å². The van der Waals surface area contributed by atoms with Crippen molar-refractivity contribution in [1.29, 1.82) is 0 Å². The number of amides is 1. The molecule has 0 aromatic rings. The van der Waals surface area contributed by atoms with Gasteiger partial charge in [-0.05, 0) is 12.2 Å². The van der Waals surface area contributed by atoms with Crippen LogP contribution in [0.15, 0.2) is 0 Å². The lowest BCUT2D eigenvalue weighted by atomic mass is 10.3. The van der Waals surface area contributed by atoms with Gasteiger partial charge in [0.25, 0.3) is 0 Å². The SMILES string of the molecule is CC.CCCCNC(=O)CCS. The van der Waals surface area contributed by atoms with Gasteiger partial charge in [-0.25, -0.2) is 0 Å². The highest BCUT2D eigenvalue weighted by atomic mass is 32.1. The first-order chi connectivity index (χ1) is 5.81. The fourth-order valence-corrected chi connectivity index (χ4v) is 0.798. The molecule has 0 aliphatic carbocycles. The van der Waals surface area contributed by atoms with Crippen molar-refractivity contribution in [3.8, 4) is 0 Å². The molecule has 0 heterocycles. The van der Waals surface area contributed by atoms with Gasteiger partial charge in [0.15, 0.2) is 0 Å². The van der Waals surface area contributed by atoms with Gasteiger partial charge in [-0.2, -0.15) is 12.6 Å². The highest BCUT2D eigenvalue weighted by Crippen LogP contribution is 1.86. The molecule has 0 saturated heterocycles. The average molecular weight is 191 g/mol. The zero-order valence-corrected chi connectivity index (χ0v) is 9.29. The topological polar surface area (TPSA) is 29.1 Å². The Morgan fingerprint density at radius 3 is 2.42 bits per heavy atom. The lowest BCUT2D eigenvalue weighted by Gasteiger charge is -2.00. The summed E-state index contributed by atoms with van der Waals surface area (Å²) < 4.78 is 0.